The Morgan fingerprint density at radius 2 is 1.95 bits per heavy atom. The molecular weight excluding hydrogens is 268 g/mol. The van der Waals surface area contributed by atoms with Crippen molar-refractivity contribution in [1.82, 2.24) is 9.88 Å². The number of carbonyl (C=O) groups is 2. The van der Waals surface area contributed by atoms with Crippen LogP contribution in [0.25, 0.3) is 0 Å². The van der Waals surface area contributed by atoms with E-state index in [0.29, 0.717) is 19.4 Å². The summed E-state index contributed by atoms with van der Waals surface area (Å²) in [4.78, 5) is 29.7. The molecule has 0 aliphatic heterocycles. The molecule has 1 aliphatic rings. The van der Waals surface area contributed by atoms with E-state index >= 15 is 0 Å². The predicted octanol–water partition coefficient (Wildman–Crippen LogP) is 2.02. The number of rotatable bonds is 4. The zero-order valence-corrected chi connectivity index (χ0v) is 12.3. The number of amides is 1. The van der Waals surface area contributed by atoms with Crippen LogP contribution in [0.3, 0.4) is 0 Å². The lowest BCUT2D eigenvalue weighted by Gasteiger charge is -2.28. The highest BCUT2D eigenvalue weighted by molar-refractivity contribution is 5.85. The second kappa shape index (κ2) is 6.52. The van der Waals surface area contributed by atoms with Crippen molar-refractivity contribution in [1.29, 1.82) is 0 Å². The first-order valence-corrected chi connectivity index (χ1v) is 7.04. The number of pyridine rings is 1. The Morgan fingerprint density at radius 3 is 2.57 bits per heavy atom. The molecule has 0 fully saturated rings. The number of hydrogen-bond acceptors (Lipinski definition) is 3. The van der Waals surface area contributed by atoms with Gasteiger partial charge >= 0.3 is 5.97 Å². The van der Waals surface area contributed by atoms with Crippen molar-refractivity contribution in [3.05, 3.63) is 41.7 Å². The number of aryl methyl sites for hydroxylation is 1. The molecule has 21 heavy (non-hydrogen) atoms. The minimum absolute atomic E-state index is 0.130. The largest absolute Gasteiger partial charge is 0.481 e. The summed E-state index contributed by atoms with van der Waals surface area (Å²) >= 11 is 0. The van der Waals surface area contributed by atoms with E-state index in [2.05, 4.69) is 4.98 Å². The predicted molar refractivity (Wildman–Crippen MR) is 78.4 cm³/mol. The van der Waals surface area contributed by atoms with E-state index in [9.17, 15) is 14.7 Å². The normalized spacial score (nSPS) is 21.0. The molecule has 2 atom stereocenters. The van der Waals surface area contributed by atoms with Gasteiger partial charge in [-0.1, -0.05) is 18.2 Å². The highest BCUT2D eigenvalue weighted by atomic mass is 16.4. The summed E-state index contributed by atoms with van der Waals surface area (Å²) in [5, 5.41) is 9.25. The van der Waals surface area contributed by atoms with E-state index in [1.165, 1.54) is 0 Å². The summed E-state index contributed by atoms with van der Waals surface area (Å²) in [6, 6.07) is 5.67. The van der Waals surface area contributed by atoms with Crippen LogP contribution in [0, 0.1) is 18.8 Å². The molecule has 5 nitrogen and oxygen atoms in total. The summed E-state index contributed by atoms with van der Waals surface area (Å²) in [7, 11) is 1.70. The Bertz CT molecular complexity index is 568. The zero-order valence-electron chi connectivity index (χ0n) is 12.3. The van der Waals surface area contributed by atoms with E-state index in [1.54, 1.807) is 11.9 Å². The molecule has 5 heteroatoms. The Hall–Kier alpha value is -2.17. The molecule has 1 aliphatic carbocycles. The van der Waals surface area contributed by atoms with Gasteiger partial charge in [0, 0.05) is 12.7 Å². The van der Waals surface area contributed by atoms with Crippen LogP contribution in [-0.2, 0) is 16.1 Å². The van der Waals surface area contributed by atoms with E-state index in [-0.39, 0.29) is 5.91 Å². The number of allylic oxidation sites excluding steroid dienone is 2. The second-order valence-electron chi connectivity index (χ2n) is 5.46. The lowest BCUT2D eigenvalue weighted by Crippen LogP contribution is -2.39. The molecule has 0 aromatic carbocycles. The summed E-state index contributed by atoms with van der Waals surface area (Å²) in [6.07, 6.45) is 4.63. The van der Waals surface area contributed by atoms with Crippen molar-refractivity contribution in [3.8, 4) is 0 Å². The van der Waals surface area contributed by atoms with Gasteiger partial charge in [-0.25, -0.2) is 0 Å². The molecule has 0 spiro atoms. The molecule has 1 N–H and O–H groups in total. The van der Waals surface area contributed by atoms with E-state index < -0.39 is 17.8 Å². The van der Waals surface area contributed by atoms with Gasteiger partial charge in [-0.15, -0.1) is 0 Å². The highest BCUT2D eigenvalue weighted by Crippen LogP contribution is 2.27. The van der Waals surface area contributed by atoms with Gasteiger partial charge in [-0.05, 0) is 31.9 Å². The fourth-order valence-corrected chi connectivity index (χ4v) is 2.65. The maximum absolute atomic E-state index is 12.5. The minimum atomic E-state index is -0.903. The first-order chi connectivity index (χ1) is 9.99. The molecule has 1 heterocycles. The third-order valence-electron chi connectivity index (χ3n) is 3.79. The number of carboxylic acids is 1. The number of nitrogens with zero attached hydrogens (tertiary/aromatic N) is 2. The standard InChI is InChI=1S/C16H20N2O3/c1-11-6-5-7-12(17-11)10-18(2)15(19)13-8-3-4-9-14(13)16(20)21/h3-7,13-14H,8-10H2,1-2H3,(H,20,21)/t13-,14+/m1/s1. The van der Waals surface area contributed by atoms with Gasteiger partial charge in [0.15, 0.2) is 0 Å². The summed E-state index contributed by atoms with van der Waals surface area (Å²) in [6.45, 7) is 2.30. The van der Waals surface area contributed by atoms with Crippen molar-refractivity contribution >= 4 is 11.9 Å². The number of aliphatic carboxylic acids is 1. The quantitative estimate of drug-likeness (QED) is 0.860. The molecule has 1 amide bonds. The van der Waals surface area contributed by atoms with Crippen LogP contribution in [-0.4, -0.2) is 33.9 Å². The van der Waals surface area contributed by atoms with Gasteiger partial charge in [0.05, 0.1) is 24.1 Å². The van der Waals surface area contributed by atoms with E-state index in [4.69, 9.17) is 0 Å². The fraction of sp³-hybridized carbons (Fsp3) is 0.438. The highest BCUT2D eigenvalue weighted by Gasteiger charge is 2.35. The summed E-state index contributed by atoms with van der Waals surface area (Å²) in [5.41, 5.74) is 1.71. The van der Waals surface area contributed by atoms with Crippen LogP contribution in [0.1, 0.15) is 24.2 Å². The molecule has 1 aromatic rings. The topological polar surface area (TPSA) is 70.5 Å². The van der Waals surface area contributed by atoms with Crippen molar-refractivity contribution in [2.75, 3.05) is 7.05 Å². The SMILES string of the molecule is Cc1cccc(CN(C)C(=O)[C@@H]2CC=CC[C@@H]2C(=O)O)n1. The second-order valence-corrected chi connectivity index (χ2v) is 5.46. The number of carboxylic acid groups (broad SMARTS) is 1. The smallest absolute Gasteiger partial charge is 0.307 e. The molecule has 0 radical (unpaired) electrons. The Balaban J connectivity index is 2.07. The van der Waals surface area contributed by atoms with Gasteiger partial charge in [0.25, 0.3) is 0 Å². The molecule has 0 saturated carbocycles. The molecular formula is C16H20N2O3. The van der Waals surface area contributed by atoms with Gasteiger partial charge < -0.3 is 10.0 Å². The average molecular weight is 288 g/mol. The lowest BCUT2D eigenvalue weighted by molar-refractivity contribution is -0.150. The molecule has 0 bridgehead atoms. The third kappa shape index (κ3) is 3.68. The summed E-state index contributed by atoms with van der Waals surface area (Å²) < 4.78 is 0. The number of carbonyl (C=O) groups excluding carboxylic acids is 1. The van der Waals surface area contributed by atoms with Crippen molar-refractivity contribution in [2.24, 2.45) is 11.8 Å². The average Bonchev–Trinajstić information content (AvgIpc) is 2.46. The van der Waals surface area contributed by atoms with Crippen LogP contribution in [0.4, 0.5) is 0 Å². The fourth-order valence-electron chi connectivity index (χ4n) is 2.65. The van der Waals surface area contributed by atoms with Gasteiger partial charge in [0.2, 0.25) is 5.91 Å². The Labute approximate surface area is 124 Å². The maximum Gasteiger partial charge on any atom is 0.307 e. The van der Waals surface area contributed by atoms with Crippen molar-refractivity contribution in [3.63, 3.8) is 0 Å². The summed E-state index contributed by atoms with van der Waals surface area (Å²) in [5.74, 6) is -2.15. The van der Waals surface area contributed by atoms with Crippen LogP contribution in [0.15, 0.2) is 30.4 Å². The first kappa shape index (κ1) is 15.2. The maximum atomic E-state index is 12.5. The monoisotopic (exact) mass is 288 g/mol. The van der Waals surface area contributed by atoms with Crippen LogP contribution >= 0.6 is 0 Å². The minimum Gasteiger partial charge on any atom is -0.481 e. The van der Waals surface area contributed by atoms with Crippen LogP contribution in [0.5, 0.6) is 0 Å². The van der Waals surface area contributed by atoms with Crippen LogP contribution < -0.4 is 0 Å². The van der Waals surface area contributed by atoms with Gasteiger partial charge in [-0.3, -0.25) is 14.6 Å². The third-order valence-corrected chi connectivity index (χ3v) is 3.79. The van der Waals surface area contributed by atoms with Gasteiger partial charge in [0.1, 0.15) is 0 Å². The molecule has 112 valence electrons. The molecule has 2 rings (SSSR count). The molecule has 1 aromatic heterocycles. The Kier molecular flexibility index (Phi) is 4.73. The number of hydrogen-bond donors (Lipinski definition) is 1. The van der Waals surface area contributed by atoms with Crippen molar-refractivity contribution < 1.29 is 14.7 Å². The van der Waals surface area contributed by atoms with E-state index in [1.807, 2.05) is 37.3 Å². The lowest BCUT2D eigenvalue weighted by atomic mass is 9.82. The van der Waals surface area contributed by atoms with Gasteiger partial charge in [-0.2, -0.15) is 0 Å². The van der Waals surface area contributed by atoms with E-state index in [0.717, 1.165) is 11.4 Å². The van der Waals surface area contributed by atoms with Crippen molar-refractivity contribution in [2.45, 2.75) is 26.3 Å². The molecule has 0 unspecified atom stereocenters. The first-order valence-electron chi connectivity index (χ1n) is 7.04. The zero-order chi connectivity index (χ0) is 15.4. The Morgan fingerprint density at radius 1 is 1.29 bits per heavy atom. The molecule has 0 saturated heterocycles. The number of aromatic nitrogens is 1. The van der Waals surface area contributed by atoms with Crippen LogP contribution in [0.2, 0.25) is 0 Å².